The summed E-state index contributed by atoms with van der Waals surface area (Å²) in [7, 11) is 0. The quantitative estimate of drug-likeness (QED) is 0.568. The molecule has 1 aromatic carbocycles. The number of amides is 2. The van der Waals surface area contributed by atoms with Crippen molar-refractivity contribution in [3.63, 3.8) is 0 Å². The summed E-state index contributed by atoms with van der Waals surface area (Å²) >= 11 is 0. The first-order valence-corrected chi connectivity index (χ1v) is 11.7. The van der Waals surface area contributed by atoms with Crippen molar-refractivity contribution in [2.45, 2.75) is 76.4 Å². The molecular formula is C25H29N3O4. The molecule has 1 fully saturated rings. The summed E-state index contributed by atoms with van der Waals surface area (Å²) < 4.78 is 12.2. The summed E-state index contributed by atoms with van der Waals surface area (Å²) in [4.78, 5) is 28.2. The maximum Gasteiger partial charge on any atom is 0.225 e. The fourth-order valence-corrected chi connectivity index (χ4v) is 4.70. The second-order valence-electron chi connectivity index (χ2n) is 8.85. The van der Waals surface area contributed by atoms with Crippen LogP contribution >= 0.6 is 0 Å². The summed E-state index contributed by atoms with van der Waals surface area (Å²) in [6.45, 7) is 2.19. The van der Waals surface area contributed by atoms with E-state index in [-0.39, 0.29) is 29.9 Å². The van der Waals surface area contributed by atoms with Gasteiger partial charge in [-0.3, -0.25) is 9.59 Å². The Bertz CT molecular complexity index is 1040. The number of carbonyl (C=O) groups excluding carboxylic acids is 2. The topological polar surface area (TPSA) is 89.6 Å². The minimum atomic E-state index is -0.0225. The molecule has 3 atom stereocenters. The predicted molar refractivity (Wildman–Crippen MR) is 120 cm³/mol. The lowest BCUT2D eigenvalue weighted by Gasteiger charge is -2.19. The van der Waals surface area contributed by atoms with Crippen LogP contribution in [0.25, 0.3) is 0 Å². The molecule has 32 heavy (non-hydrogen) atoms. The van der Waals surface area contributed by atoms with Gasteiger partial charge in [-0.1, -0.05) is 32.6 Å². The van der Waals surface area contributed by atoms with Gasteiger partial charge in [0.25, 0.3) is 0 Å². The first kappa shape index (κ1) is 20.8. The Balaban J connectivity index is 1.21. The molecule has 3 heterocycles. The van der Waals surface area contributed by atoms with E-state index in [1.165, 1.54) is 19.3 Å². The lowest BCUT2D eigenvalue weighted by Crippen LogP contribution is -2.29. The van der Waals surface area contributed by atoms with Crippen LogP contribution in [0.5, 0.6) is 17.2 Å². The van der Waals surface area contributed by atoms with Crippen LogP contribution in [-0.4, -0.2) is 28.9 Å². The minimum absolute atomic E-state index is 0.0215. The SMILES string of the molecule is CCCCCCCC(=O)N[C@H]1[C@H]2Oc3ccc(Oc4ccnc5c4CCC(=O)N5)cc3[C@@H]12. The Kier molecular flexibility index (Phi) is 5.72. The van der Waals surface area contributed by atoms with Gasteiger partial charge in [0, 0.05) is 30.2 Å². The normalized spacial score (nSPS) is 22.2. The van der Waals surface area contributed by atoms with Gasteiger partial charge in [-0.05, 0) is 37.1 Å². The van der Waals surface area contributed by atoms with Crippen LogP contribution in [0.15, 0.2) is 30.5 Å². The van der Waals surface area contributed by atoms with Gasteiger partial charge in [-0.15, -0.1) is 0 Å². The maximum absolute atomic E-state index is 12.3. The zero-order valence-corrected chi connectivity index (χ0v) is 18.4. The van der Waals surface area contributed by atoms with Gasteiger partial charge in [0.05, 0.1) is 12.0 Å². The number of hydrogen-bond acceptors (Lipinski definition) is 5. The third-order valence-corrected chi connectivity index (χ3v) is 6.49. The standard InChI is InChI=1S/C25H29N3O4/c1-2-3-4-5-6-7-20(29)27-23-22-17-14-15(8-10-18(17)32-24(22)23)31-19-12-13-26-25-16(19)9-11-21(30)28-25/h8,10,12-14,22-24H,2-7,9,11H2,1H3,(H,27,29)(H,26,28,30)/t22-,23+,24-/m0/s1. The van der Waals surface area contributed by atoms with E-state index >= 15 is 0 Å². The van der Waals surface area contributed by atoms with E-state index in [9.17, 15) is 9.59 Å². The number of hydrogen-bond donors (Lipinski definition) is 2. The molecule has 2 amide bonds. The highest BCUT2D eigenvalue weighted by molar-refractivity contribution is 5.93. The Morgan fingerprint density at radius 1 is 1.22 bits per heavy atom. The molecule has 1 aromatic heterocycles. The smallest absolute Gasteiger partial charge is 0.225 e. The summed E-state index contributed by atoms with van der Waals surface area (Å²) in [6, 6.07) is 7.69. The van der Waals surface area contributed by atoms with E-state index in [0.29, 0.717) is 36.6 Å². The van der Waals surface area contributed by atoms with Crippen LogP contribution in [0.3, 0.4) is 0 Å². The zero-order chi connectivity index (χ0) is 22.1. The molecule has 3 aliphatic rings. The monoisotopic (exact) mass is 435 g/mol. The average Bonchev–Trinajstić information content (AvgIpc) is 3.30. The summed E-state index contributed by atoms with van der Waals surface area (Å²) in [5.74, 6) is 3.13. The van der Waals surface area contributed by atoms with E-state index in [4.69, 9.17) is 9.47 Å². The van der Waals surface area contributed by atoms with Gasteiger partial charge >= 0.3 is 0 Å². The van der Waals surface area contributed by atoms with Crippen LogP contribution in [0, 0.1) is 0 Å². The molecule has 1 aliphatic carbocycles. The van der Waals surface area contributed by atoms with Crippen molar-refractivity contribution in [1.29, 1.82) is 0 Å². The highest BCUT2D eigenvalue weighted by Crippen LogP contribution is 2.54. The number of fused-ring (bicyclic) bond motifs is 4. The second kappa shape index (κ2) is 8.81. The molecule has 7 heteroatoms. The Morgan fingerprint density at radius 2 is 2.09 bits per heavy atom. The number of rotatable bonds is 9. The molecule has 5 rings (SSSR count). The van der Waals surface area contributed by atoms with Crippen LogP contribution in [-0.2, 0) is 16.0 Å². The Hall–Kier alpha value is -3.09. The second-order valence-corrected chi connectivity index (χ2v) is 8.85. The molecule has 0 unspecified atom stereocenters. The van der Waals surface area contributed by atoms with Crippen LogP contribution in [0.1, 0.15) is 68.9 Å². The number of carbonyl (C=O) groups is 2. The van der Waals surface area contributed by atoms with E-state index < -0.39 is 0 Å². The fourth-order valence-electron chi connectivity index (χ4n) is 4.70. The highest BCUT2D eigenvalue weighted by Gasteiger charge is 2.59. The lowest BCUT2D eigenvalue weighted by atomic mass is 10.1. The Morgan fingerprint density at radius 3 is 2.97 bits per heavy atom. The number of unbranched alkanes of at least 4 members (excludes halogenated alkanes) is 4. The van der Waals surface area contributed by atoms with E-state index in [1.807, 2.05) is 24.3 Å². The van der Waals surface area contributed by atoms with Crippen molar-refractivity contribution < 1.29 is 19.1 Å². The number of nitrogens with one attached hydrogen (secondary N) is 2. The molecule has 2 aromatic rings. The molecule has 0 bridgehead atoms. The molecule has 7 nitrogen and oxygen atoms in total. The van der Waals surface area contributed by atoms with Crippen molar-refractivity contribution >= 4 is 17.6 Å². The average molecular weight is 436 g/mol. The Labute approximate surface area is 187 Å². The van der Waals surface area contributed by atoms with Gasteiger partial charge in [0.1, 0.15) is 29.2 Å². The number of benzene rings is 1. The molecular weight excluding hydrogens is 406 g/mol. The number of anilines is 1. The zero-order valence-electron chi connectivity index (χ0n) is 18.4. The van der Waals surface area contributed by atoms with Crippen molar-refractivity contribution in [2.75, 3.05) is 5.32 Å². The number of aromatic nitrogens is 1. The van der Waals surface area contributed by atoms with E-state index in [2.05, 4.69) is 22.5 Å². The van der Waals surface area contributed by atoms with Crippen molar-refractivity contribution in [3.05, 3.63) is 41.6 Å². The number of nitrogens with zero attached hydrogens (tertiary/aromatic N) is 1. The molecule has 1 saturated carbocycles. The van der Waals surface area contributed by atoms with Gasteiger partial charge in [0.15, 0.2) is 0 Å². The maximum atomic E-state index is 12.3. The fraction of sp³-hybridized carbons (Fsp3) is 0.480. The van der Waals surface area contributed by atoms with E-state index in [0.717, 1.165) is 29.7 Å². The molecule has 2 N–H and O–H groups in total. The minimum Gasteiger partial charge on any atom is -0.487 e. The summed E-state index contributed by atoms with van der Waals surface area (Å²) in [6.07, 6.45) is 8.98. The third-order valence-electron chi connectivity index (χ3n) is 6.49. The van der Waals surface area contributed by atoms with Gasteiger partial charge in [-0.2, -0.15) is 0 Å². The largest absolute Gasteiger partial charge is 0.487 e. The van der Waals surface area contributed by atoms with Crippen LogP contribution in [0.2, 0.25) is 0 Å². The van der Waals surface area contributed by atoms with Crippen molar-refractivity contribution in [3.8, 4) is 17.2 Å². The van der Waals surface area contributed by atoms with Crippen molar-refractivity contribution in [2.24, 2.45) is 0 Å². The first-order valence-electron chi connectivity index (χ1n) is 11.7. The molecule has 168 valence electrons. The predicted octanol–water partition coefficient (Wildman–Crippen LogP) is 4.46. The van der Waals surface area contributed by atoms with Crippen LogP contribution < -0.4 is 20.1 Å². The van der Waals surface area contributed by atoms with Gasteiger partial charge < -0.3 is 20.1 Å². The third kappa shape index (κ3) is 4.16. The number of pyridine rings is 1. The molecule has 2 aliphatic heterocycles. The molecule has 0 spiro atoms. The molecule has 0 radical (unpaired) electrons. The summed E-state index contributed by atoms with van der Waals surface area (Å²) in [5.41, 5.74) is 1.99. The van der Waals surface area contributed by atoms with Crippen molar-refractivity contribution in [1.82, 2.24) is 10.3 Å². The highest BCUT2D eigenvalue weighted by atomic mass is 16.5. The van der Waals surface area contributed by atoms with Gasteiger partial charge in [0.2, 0.25) is 11.8 Å². The van der Waals surface area contributed by atoms with Crippen LogP contribution in [0.4, 0.5) is 5.82 Å². The first-order chi connectivity index (χ1) is 15.6. The number of ether oxygens (including phenoxy) is 2. The van der Waals surface area contributed by atoms with Gasteiger partial charge in [-0.25, -0.2) is 4.98 Å². The molecule has 0 saturated heterocycles. The lowest BCUT2D eigenvalue weighted by molar-refractivity contribution is -0.121. The summed E-state index contributed by atoms with van der Waals surface area (Å²) in [5, 5.41) is 5.95. The van der Waals surface area contributed by atoms with E-state index in [1.54, 1.807) is 6.20 Å².